The van der Waals surface area contributed by atoms with E-state index in [0.717, 1.165) is 11.1 Å². The topological polar surface area (TPSA) is 83.5 Å². The van der Waals surface area contributed by atoms with Crippen LogP contribution in [0.4, 0.5) is 0 Å². The quantitative estimate of drug-likeness (QED) is 0.618. The van der Waals surface area contributed by atoms with Gasteiger partial charge >= 0.3 is 5.97 Å². The smallest absolute Gasteiger partial charge is 0.322 e. The summed E-state index contributed by atoms with van der Waals surface area (Å²) in [5.74, 6) is 4.74. The molecule has 1 atom stereocenters. The molecule has 0 bridgehead atoms. The van der Waals surface area contributed by atoms with Crippen molar-refractivity contribution in [2.75, 3.05) is 0 Å². The molecule has 0 radical (unpaired) electrons. The summed E-state index contributed by atoms with van der Waals surface area (Å²) < 4.78 is 27.5. The molecule has 0 aliphatic heterocycles. The minimum Gasteiger partial charge on any atom is -0.480 e. The van der Waals surface area contributed by atoms with E-state index in [9.17, 15) is 18.3 Å². The number of aliphatic carboxylic acids is 1. The van der Waals surface area contributed by atoms with E-state index >= 15 is 0 Å². The molecule has 0 amide bonds. The Balaban J connectivity index is 1.74. The van der Waals surface area contributed by atoms with Crippen molar-refractivity contribution in [3.63, 3.8) is 0 Å². The molecule has 0 heterocycles. The lowest BCUT2D eigenvalue weighted by atomic mass is 10.1. The zero-order chi connectivity index (χ0) is 20.7. The van der Waals surface area contributed by atoms with Crippen molar-refractivity contribution in [3.8, 4) is 11.8 Å². The van der Waals surface area contributed by atoms with Gasteiger partial charge in [-0.1, -0.05) is 60.4 Å². The molecule has 3 rings (SSSR count). The lowest BCUT2D eigenvalue weighted by Crippen LogP contribution is -2.42. The van der Waals surface area contributed by atoms with Crippen molar-refractivity contribution in [1.29, 1.82) is 0 Å². The van der Waals surface area contributed by atoms with Gasteiger partial charge in [-0.05, 0) is 48.4 Å². The summed E-state index contributed by atoms with van der Waals surface area (Å²) in [5.41, 5.74) is 2.25. The molecule has 0 aromatic heterocycles. The molecular formula is C23H19NO4S. The number of carboxylic acid groups (broad SMARTS) is 1. The van der Waals surface area contributed by atoms with E-state index in [1.54, 1.807) is 36.4 Å². The van der Waals surface area contributed by atoms with E-state index in [2.05, 4.69) is 16.6 Å². The number of carboxylic acids is 1. The van der Waals surface area contributed by atoms with Gasteiger partial charge in [0.25, 0.3) is 0 Å². The van der Waals surface area contributed by atoms with Crippen molar-refractivity contribution in [2.45, 2.75) is 17.4 Å². The Bertz CT molecular complexity index is 1130. The number of benzene rings is 3. The van der Waals surface area contributed by atoms with Crippen LogP contribution in [0.5, 0.6) is 0 Å². The Labute approximate surface area is 170 Å². The average molecular weight is 405 g/mol. The highest BCUT2D eigenvalue weighted by Gasteiger charge is 2.25. The second-order valence-electron chi connectivity index (χ2n) is 6.34. The normalized spacial score (nSPS) is 11.9. The van der Waals surface area contributed by atoms with Crippen LogP contribution in [0.2, 0.25) is 0 Å². The number of sulfonamides is 1. The van der Waals surface area contributed by atoms with Gasteiger partial charge in [0, 0.05) is 11.1 Å². The molecule has 146 valence electrons. The standard InChI is InChI=1S/C23H19NO4S/c25-23(26)22(17-20-9-5-2-6-10-20)24-29(27,28)21-15-13-19(14-16-21)12-11-18-7-3-1-4-8-18/h1-10,13-16,22,24H,17H2,(H,25,26)/t22-/m1/s1. The number of hydrogen-bond acceptors (Lipinski definition) is 3. The number of hydrogen-bond donors (Lipinski definition) is 2. The summed E-state index contributed by atoms with van der Waals surface area (Å²) in [6, 6.07) is 23.1. The molecule has 3 aromatic rings. The average Bonchev–Trinajstić information content (AvgIpc) is 2.73. The summed E-state index contributed by atoms with van der Waals surface area (Å²) in [7, 11) is -3.99. The minimum atomic E-state index is -3.99. The highest BCUT2D eigenvalue weighted by molar-refractivity contribution is 7.89. The first-order valence-electron chi connectivity index (χ1n) is 8.90. The molecule has 0 spiro atoms. The molecule has 3 aromatic carbocycles. The summed E-state index contributed by atoms with van der Waals surface area (Å²) >= 11 is 0. The first-order chi connectivity index (χ1) is 13.9. The third-order valence-corrected chi connectivity index (χ3v) is 5.66. The lowest BCUT2D eigenvalue weighted by Gasteiger charge is -2.15. The molecule has 2 N–H and O–H groups in total. The Kier molecular flexibility index (Phi) is 6.45. The third-order valence-electron chi connectivity index (χ3n) is 4.17. The van der Waals surface area contributed by atoms with E-state index in [4.69, 9.17) is 0 Å². The largest absolute Gasteiger partial charge is 0.480 e. The molecule has 29 heavy (non-hydrogen) atoms. The van der Waals surface area contributed by atoms with E-state index in [1.165, 1.54) is 12.1 Å². The van der Waals surface area contributed by atoms with Gasteiger partial charge in [0.05, 0.1) is 4.90 Å². The molecule has 0 aliphatic carbocycles. The van der Waals surface area contributed by atoms with E-state index in [-0.39, 0.29) is 11.3 Å². The van der Waals surface area contributed by atoms with Gasteiger partial charge < -0.3 is 5.11 Å². The summed E-state index contributed by atoms with van der Waals surface area (Å²) in [6.45, 7) is 0. The first kappa shape index (κ1) is 20.3. The van der Waals surface area contributed by atoms with Gasteiger partial charge in [-0.3, -0.25) is 4.79 Å². The van der Waals surface area contributed by atoms with E-state index < -0.39 is 22.0 Å². The highest BCUT2D eigenvalue weighted by atomic mass is 32.2. The summed E-state index contributed by atoms with van der Waals surface area (Å²) in [6.07, 6.45) is 0.0516. The molecule has 5 nitrogen and oxygen atoms in total. The molecule has 6 heteroatoms. The summed E-state index contributed by atoms with van der Waals surface area (Å²) in [5, 5.41) is 9.42. The van der Waals surface area contributed by atoms with Gasteiger partial charge in [0.15, 0.2) is 0 Å². The van der Waals surface area contributed by atoms with Crippen LogP contribution in [0.3, 0.4) is 0 Å². The van der Waals surface area contributed by atoms with Crippen LogP contribution < -0.4 is 4.72 Å². The SMILES string of the molecule is O=C(O)[C@@H](Cc1ccccc1)NS(=O)(=O)c1ccc(C#Cc2ccccc2)cc1. The third kappa shape index (κ3) is 5.79. The maximum Gasteiger partial charge on any atom is 0.322 e. The van der Waals surface area contributed by atoms with Crippen LogP contribution in [0.15, 0.2) is 89.8 Å². The maximum atomic E-state index is 12.6. The van der Waals surface area contributed by atoms with Crippen LogP contribution in [0.1, 0.15) is 16.7 Å². The van der Waals surface area contributed by atoms with Crippen LogP contribution in [0.25, 0.3) is 0 Å². The lowest BCUT2D eigenvalue weighted by molar-refractivity contribution is -0.138. The van der Waals surface area contributed by atoms with Crippen molar-refractivity contribution in [2.24, 2.45) is 0 Å². The van der Waals surface area contributed by atoms with Crippen molar-refractivity contribution < 1.29 is 18.3 Å². The van der Waals surface area contributed by atoms with Gasteiger partial charge in [-0.2, -0.15) is 4.72 Å². The molecule has 0 unspecified atom stereocenters. The second kappa shape index (κ2) is 9.20. The molecule has 0 saturated carbocycles. The monoisotopic (exact) mass is 405 g/mol. The molecule has 0 aliphatic rings. The summed E-state index contributed by atoms with van der Waals surface area (Å²) in [4.78, 5) is 11.5. The van der Waals surface area contributed by atoms with Gasteiger partial charge in [0.1, 0.15) is 6.04 Å². The fraction of sp³-hybridized carbons (Fsp3) is 0.0870. The van der Waals surface area contributed by atoms with E-state index in [1.807, 2.05) is 36.4 Å². The van der Waals surface area contributed by atoms with Crippen molar-refractivity contribution in [1.82, 2.24) is 4.72 Å². The Morgan fingerprint density at radius 1 is 0.828 bits per heavy atom. The molecular weight excluding hydrogens is 386 g/mol. The first-order valence-corrected chi connectivity index (χ1v) is 10.4. The Hall–Kier alpha value is -3.40. The van der Waals surface area contributed by atoms with Gasteiger partial charge in [-0.15, -0.1) is 0 Å². The predicted molar refractivity (Wildman–Crippen MR) is 111 cm³/mol. The zero-order valence-corrected chi connectivity index (χ0v) is 16.3. The molecule has 0 saturated heterocycles. The van der Waals surface area contributed by atoms with Gasteiger partial charge in [-0.25, -0.2) is 8.42 Å². The molecule has 0 fully saturated rings. The van der Waals surface area contributed by atoms with Crippen LogP contribution in [0, 0.1) is 11.8 Å². The van der Waals surface area contributed by atoms with Crippen LogP contribution >= 0.6 is 0 Å². The van der Waals surface area contributed by atoms with Crippen LogP contribution in [-0.2, 0) is 21.2 Å². The highest BCUT2D eigenvalue weighted by Crippen LogP contribution is 2.13. The van der Waals surface area contributed by atoms with Crippen molar-refractivity contribution >= 4 is 16.0 Å². The zero-order valence-electron chi connectivity index (χ0n) is 15.4. The second-order valence-corrected chi connectivity index (χ2v) is 8.06. The van der Waals surface area contributed by atoms with Crippen LogP contribution in [-0.4, -0.2) is 25.5 Å². The van der Waals surface area contributed by atoms with Gasteiger partial charge in [0.2, 0.25) is 10.0 Å². The van der Waals surface area contributed by atoms with E-state index in [0.29, 0.717) is 5.56 Å². The maximum absolute atomic E-state index is 12.6. The number of rotatable bonds is 6. The predicted octanol–water partition coefficient (Wildman–Crippen LogP) is 3.06. The minimum absolute atomic E-state index is 0.0120. The Morgan fingerprint density at radius 2 is 1.34 bits per heavy atom. The fourth-order valence-electron chi connectivity index (χ4n) is 2.67. The number of carbonyl (C=O) groups is 1. The fourth-order valence-corrected chi connectivity index (χ4v) is 3.86. The van der Waals surface area contributed by atoms with Crippen molar-refractivity contribution in [3.05, 3.63) is 102 Å². The number of nitrogens with one attached hydrogen (secondary N) is 1. The Morgan fingerprint density at radius 3 is 1.90 bits per heavy atom.